The Kier molecular flexibility index (Phi) is 18.3. The van der Waals surface area contributed by atoms with Gasteiger partial charge in [0.25, 0.3) is 0 Å². The van der Waals surface area contributed by atoms with Crippen LogP contribution in [0.4, 0.5) is 0 Å². The van der Waals surface area contributed by atoms with Gasteiger partial charge < -0.3 is 21.1 Å². The topological polar surface area (TPSA) is 156 Å². The van der Waals surface area contributed by atoms with Crippen LogP contribution in [-0.2, 0) is 27.2 Å². The van der Waals surface area contributed by atoms with E-state index < -0.39 is 30.0 Å². The third-order valence-electron chi connectivity index (χ3n) is 10.4. The van der Waals surface area contributed by atoms with E-state index in [2.05, 4.69) is 94.7 Å². The Morgan fingerprint density at radius 1 is 0.860 bits per heavy atom. The Morgan fingerprint density at radius 3 is 2.30 bits per heavy atom. The SMILES string of the molecule is CCC(C)CNC(=O)CC(O)C(CC(C)C)NC(=O)C(CCCCN=C(NC#N)SC)NC(=O)C(Cc1ccc2ccccc2c1)Cc1cccc2ccccc12. The molecule has 4 aromatic rings. The molecule has 11 heteroatoms. The Hall–Kier alpha value is -4.92. The van der Waals surface area contributed by atoms with Gasteiger partial charge in [-0.25, -0.2) is 0 Å². The fourth-order valence-corrected chi connectivity index (χ4v) is 7.35. The first-order valence-electron chi connectivity index (χ1n) is 20.2. The number of nitrogens with one attached hydrogen (secondary N) is 4. The predicted octanol–water partition coefficient (Wildman–Crippen LogP) is 7.28. The minimum Gasteiger partial charge on any atom is -0.390 e. The number of rotatable bonds is 21. The first-order valence-corrected chi connectivity index (χ1v) is 21.5. The number of unbranched alkanes of at least 4 members (excludes halogenated alkanes) is 1. The summed E-state index contributed by atoms with van der Waals surface area (Å²) < 4.78 is 0. The normalized spacial score (nSPS) is 14.3. The Morgan fingerprint density at radius 2 is 1.58 bits per heavy atom. The van der Waals surface area contributed by atoms with Crippen LogP contribution in [-0.4, -0.2) is 65.5 Å². The molecule has 5 atom stereocenters. The van der Waals surface area contributed by atoms with Gasteiger partial charge >= 0.3 is 0 Å². The number of aliphatic hydroxyl groups excluding tert-OH is 1. The monoisotopic (exact) mass is 792 g/mol. The summed E-state index contributed by atoms with van der Waals surface area (Å²) in [5, 5.41) is 36.9. The highest BCUT2D eigenvalue weighted by Crippen LogP contribution is 2.25. The van der Waals surface area contributed by atoms with Crippen LogP contribution in [0, 0.1) is 29.2 Å². The van der Waals surface area contributed by atoms with Crippen molar-refractivity contribution in [2.75, 3.05) is 19.3 Å². The molecule has 10 nitrogen and oxygen atoms in total. The second-order valence-corrected chi connectivity index (χ2v) is 16.2. The molecule has 0 aliphatic heterocycles. The standard InChI is InChI=1S/C46H60N6O4S/c1-6-32(4)29-49-43(54)28-42(53)41(24-31(2)3)52-45(56)40(20-11-12-23-48-46(57-5)50-30-47)51-44(55)38(26-33-21-22-34-14-7-8-16-36(34)25-33)27-37-18-13-17-35-15-9-10-19-39(35)37/h7-10,13-19,21-22,25,31-32,38,40-42,53H,6,11-12,20,23-24,26-29H2,1-5H3,(H,48,50)(H,49,54)(H,51,55)(H,52,56). The van der Waals surface area contributed by atoms with E-state index in [0.29, 0.717) is 62.7 Å². The van der Waals surface area contributed by atoms with E-state index in [1.54, 1.807) is 0 Å². The number of benzene rings is 4. The van der Waals surface area contributed by atoms with Crippen LogP contribution in [0.3, 0.4) is 0 Å². The fourth-order valence-electron chi connectivity index (χ4n) is 6.99. The lowest BCUT2D eigenvalue weighted by Crippen LogP contribution is -2.54. The van der Waals surface area contributed by atoms with Crippen LogP contribution >= 0.6 is 11.8 Å². The molecule has 4 aromatic carbocycles. The number of aliphatic imine (C=N–C) groups is 1. The minimum atomic E-state index is -1.11. The minimum absolute atomic E-state index is 0.124. The van der Waals surface area contributed by atoms with Crippen molar-refractivity contribution in [3.05, 3.63) is 96.1 Å². The summed E-state index contributed by atoms with van der Waals surface area (Å²) in [6.45, 7) is 9.08. The van der Waals surface area contributed by atoms with Crippen LogP contribution in [0.5, 0.6) is 0 Å². The van der Waals surface area contributed by atoms with Gasteiger partial charge in [-0.05, 0) is 89.3 Å². The number of aliphatic hydroxyl groups is 1. The summed E-state index contributed by atoms with van der Waals surface area (Å²) >= 11 is 1.34. The van der Waals surface area contributed by atoms with Crippen molar-refractivity contribution in [2.45, 2.75) is 97.2 Å². The van der Waals surface area contributed by atoms with Crippen LogP contribution < -0.4 is 21.3 Å². The lowest BCUT2D eigenvalue weighted by atomic mass is 9.88. The summed E-state index contributed by atoms with van der Waals surface area (Å²) in [4.78, 5) is 46.1. The Labute approximate surface area is 342 Å². The van der Waals surface area contributed by atoms with E-state index >= 15 is 0 Å². The molecule has 304 valence electrons. The molecule has 0 aromatic heterocycles. The van der Waals surface area contributed by atoms with Crippen molar-refractivity contribution >= 4 is 56.2 Å². The number of carbonyl (C=O) groups excluding carboxylic acids is 3. The lowest BCUT2D eigenvalue weighted by molar-refractivity contribution is -0.132. The quantitative estimate of drug-likeness (QED) is 0.0195. The number of carbonyl (C=O) groups is 3. The van der Waals surface area contributed by atoms with Gasteiger partial charge in [0.05, 0.1) is 18.6 Å². The number of amidine groups is 1. The molecule has 0 spiro atoms. The van der Waals surface area contributed by atoms with E-state index in [1.165, 1.54) is 11.8 Å². The highest BCUT2D eigenvalue weighted by molar-refractivity contribution is 8.13. The molecule has 4 rings (SSSR count). The van der Waals surface area contributed by atoms with Crippen LogP contribution in [0.1, 0.15) is 77.3 Å². The number of amides is 3. The Balaban J connectivity index is 1.60. The van der Waals surface area contributed by atoms with Crippen LogP contribution in [0.15, 0.2) is 89.9 Å². The molecule has 0 bridgehead atoms. The zero-order valence-corrected chi connectivity index (χ0v) is 34.9. The van der Waals surface area contributed by atoms with Crippen molar-refractivity contribution in [3.8, 4) is 6.19 Å². The summed E-state index contributed by atoms with van der Waals surface area (Å²) in [6.07, 6.45) is 6.33. The largest absolute Gasteiger partial charge is 0.390 e. The number of hydrogen-bond acceptors (Lipinski definition) is 7. The molecule has 0 heterocycles. The van der Waals surface area contributed by atoms with Gasteiger partial charge in [-0.2, -0.15) is 5.26 Å². The molecule has 0 radical (unpaired) electrons. The first kappa shape index (κ1) is 44.8. The average molecular weight is 793 g/mol. The van der Waals surface area contributed by atoms with Gasteiger partial charge in [0.15, 0.2) is 11.4 Å². The Bertz CT molecular complexity index is 1990. The fraction of sp³-hybridized carbons (Fsp3) is 0.457. The molecule has 57 heavy (non-hydrogen) atoms. The first-order chi connectivity index (χ1) is 27.5. The molecular weight excluding hydrogens is 733 g/mol. The number of thioether (sulfide) groups is 1. The highest BCUT2D eigenvalue weighted by atomic mass is 32.2. The third-order valence-corrected chi connectivity index (χ3v) is 11.0. The van der Waals surface area contributed by atoms with Gasteiger partial charge in [0.2, 0.25) is 17.7 Å². The van der Waals surface area contributed by atoms with Crippen molar-refractivity contribution in [1.29, 1.82) is 5.26 Å². The molecule has 0 aliphatic rings. The van der Waals surface area contributed by atoms with Crippen molar-refractivity contribution in [3.63, 3.8) is 0 Å². The number of nitriles is 1. The van der Waals surface area contributed by atoms with Gasteiger partial charge in [-0.15, -0.1) is 0 Å². The third kappa shape index (κ3) is 14.5. The second kappa shape index (κ2) is 23.3. The van der Waals surface area contributed by atoms with Gasteiger partial charge in [0.1, 0.15) is 6.04 Å². The number of hydrogen-bond donors (Lipinski definition) is 5. The molecule has 3 amide bonds. The van der Waals surface area contributed by atoms with E-state index in [1.807, 2.05) is 56.6 Å². The number of fused-ring (bicyclic) bond motifs is 2. The average Bonchev–Trinajstić information content (AvgIpc) is 3.21. The summed E-state index contributed by atoms with van der Waals surface area (Å²) in [7, 11) is 0. The zero-order valence-electron chi connectivity index (χ0n) is 34.1. The van der Waals surface area contributed by atoms with Crippen LogP contribution in [0.2, 0.25) is 0 Å². The van der Waals surface area contributed by atoms with E-state index in [4.69, 9.17) is 5.26 Å². The maximum atomic E-state index is 14.6. The van der Waals surface area contributed by atoms with Crippen LogP contribution in [0.25, 0.3) is 21.5 Å². The lowest BCUT2D eigenvalue weighted by Gasteiger charge is -2.29. The molecule has 5 N–H and O–H groups in total. The maximum absolute atomic E-state index is 14.6. The molecule has 0 fully saturated rings. The van der Waals surface area contributed by atoms with E-state index in [9.17, 15) is 19.5 Å². The van der Waals surface area contributed by atoms with E-state index in [0.717, 1.165) is 39.1 Å². The summed E-state index contributed by atoms with van der Waals surface area (Å²) in [6, 6.07) is 27.1. The summed E-state index contributed by atoms with van der Waals surface area (Å²) in [5.41, 5.74) is 2.07. The number of nitrogens with zero attached hydrogens (tertiary/aromatic N) is 2. The van der Waals surface area contributed by atoms with E-state index in [-0.39, 0.29) is 24.2 Å². The highest BCUT2D eigenvalue weighted by Gasteiger charge is 2.31. The van der Waals surface area contributed by atoms with Gasteiger partial charge in [-0.3, -0.25) is 24.7 Å². The van der Waals surface area contributed by atoms with Crippen molar-refractivity contribution in [2.24, 2.45) is 22.7 Å². The smallest absolute Gasteiger partial charge is 0.242 e. The maximum Gasteiger partial charge on any atom is 0.242 e. The summed E-state index contributed by atoms with van der Waals surface area (Å²) in [5.74, 6) is -0.961. The predicted molar refractivity (Wildman–Crippen MR) is 234 cm³/mol. The molecule has 0 saturated heterocycles. The van der Waals surface area contributed by atoms with Crippen molar-refractivity contribution < 1.29 is 19.5 Å². The second-order valence-electron chi connectivity index (χ2n) is 15.4. The molecule has 0 saturated carbocycles. The molecular formula is C46H60N6O4S. The molecule has 0 aliphatic carbocycles. The van der Waals surface area contributed by atoms with Gasteiger partial charge in [0, 0.05) is 19.0 Å². The van der Waals surface area contributed by atoms with Crippen molar-refractivity contribution in [1.82, 2.24) is 21.3 Å². The van der Waals surface area contributed by atoms with Gasteiger partial charge in [-0.1, -0.05) is 131 Å². The molecule has 5 unspecified atom stereocenters. The zero-order chi connectivity index (χ0) is 41.2.